The first kappa shape index (κ1) is 23.9. The van der Waals surface area contributed by atoms with E-state index in [4.69, 9.17) is 27.9 Å². The zero-order valence-electron chi connectivity index (χ0n) is 16.2. The minimum absolute atomic E-state index is 0.340. The molecule has 1 saturated heterocycles. The number of rotatable bonds is 5. The summed E-state index contributed by atoms with van der Waals surface area (Å²) in [5, 5.41) is 0.857. The monoisotopic (exact) mass is 707 g/mol. The number of ether oxygens (including phenoxy) is 1. The second-order valence-electron chi connectivity index (χ2n) is 6.69. The molecule has 0 aromatic heterocycles. The van der Waals surface area contributed by atoms with E-state index in [1.165, 1.54) is 0 Å². The molecule has 0 saturated carbocycles. The Morgan fingerprint density at radius 1 is 0.969 bits per heavy atom. The summed E-state index contributed by atoms with van der Waals surface area (Å²) in [6.45, 7) is 0.352. The van der Waals surface area contributed by atoms with Crippen molar-refractivity contribution < 1.29 is 14.3 Å². The molecule has 32 heavy (non-hydrogen) atoms. The summed E-state index contributed by atoms with van der Waals surface area (Å²) in [7, 11) is 0. The van der Waals surface area contributed by atoms with Crippen LogP contribution in [0, 0.1) is 7.14 Å². The number of amides is 2. The molecule has 0 bridgehead atoms. The first-order valence-electron chi connectivity index (χ1n) is 9.22. The Labute approximate surface area is 226 Å². The average Bonchev–Trinajstić information content (AvgIpc) is 3.02. The molecule has 0 spiro atoms. The van der Waals surface area contributed by atoms with Crippen molar-refractivity contribution in [3.05, 3.63) is 93.9 Å². The second kappa shape index (κ2) is 10.3. The molecule has 0 aliphatic carbocycles. The van der Waals surface area contributed by atoms with E-state index in [0.717, 1.165) is 40.7 Å². The lowest BCUT2D eigenvalue weighted by atomic mass is 10.2. The maximum Gasteiger partial charge on any atom is 0.298 e. The van der Waals surface area contributed by atoms with Crippen LogP contribution in [0.1, 0.15) is 11.1 Å². The van der Waals surface area contributed by atoms with E-state index < -0.39 is 0 Å². The number of carbonyl (C=O) groups excluding carboxylic acids is 2. The molecule has 1 heterocycles. The third-order valence-electron chi connectivity index (χ3n) is 4.53. The van der Waals surface area contributed by atoms with Gasteiger partial charge in [0.15, 0.2) is 0 Å². The van der Waals surface area contributed by atoms with E-state index in [2.05, 4.69) is 45.2 Å². The van der Waals surface area contributed by atoms with E-state index in [-0.39, 0.29) is 11.1 Å². The standard InChI is InChI=1S/C23H13Cl2I2NO3S/c24-15-5-7-16(8-6-15)28-22(29)20(32-23(28)30)11-13-9-18(26)21(19(27)10-13)31-12-14-3-1-2-4-17(14)25/h1-11H,12H2/b20-11+. The molecule has 9 heteroatoms. The van der Waals surface area contributed by atoms with Crippen LogP contribution in [0.5, 0.6) is 5.75 Å². The van der Waals surface area contributed by atoms with Crippen LogP contribution < -0.4 is 9.64 Å². The van der Waals surface area contributed by atoms with Gasteiger partial charge in [0.2, 0.25) is 0 Å². The van der Waals surface area contributed by atoms with Gasteiger partial charge in [0.1, 0.15) is 12.4 Å². The van der Waals surface area contributed by atoms with Crippen LogP contribution in [0.15, 0.2) is 65.6 Å². The third kappa shape index (κ3) is 5.27. The van der Waals surface area contributed by atoms with Gasteiger partial charge < -0.3 is 4.74 Å². The number of hydrogen-bond acceptors (Lipinski definition) is 4. The van der Waals surface area contributed by atoms with Crippen molar-refractivity contribution in [2.45, 2.75) is 6.61 Å². The fraction of sp³-hybridized carbons (Fsp3) is 0.0435. The van der Waals surface area contributed by atoms with Crippen LogP contribution in [0.2, 0.25) is 10.0 Å². The van der Waals surface area contributed by atoms with Gasteiger partial charge >= 0.3 is 0 Å². The summed E-state index contributed by atoms with van der Waals surface area (Å²) in [4.78, 5) is 26.9. The first-order valence-corrected chi connectivity index (χ1v) is 13.0. The Morgan fingerprint density at radius 2 is 1.62 bits per heavy atom. The quantitative estimate of drug-likeness (QED) is 0.199. The van der Waals surface area contributed by atoms with Gasteiger partial charge in [-0.25, -0.2) is 4.90 Å². The summed E-state index contributed by atoms with van der Waals surface area (Å²) in [6.07, 6.45) is 1.73. The van der Waals surface area contributed by atoms with Crippen molar-refractivity contribution in [3.63, 3.8) is 0 Å². The van der Waals surface area contributed by atoms with Crippen molar-refractivity contribution in [2.75, 3.05) is 4.90 Å². The van der Waals surface area contributed by atoms with Crippen LogP contribution in [0.4, 0.5) is 10.5 Å². The van der Waals surface area contributed by atoms with Crippen LogP contribution in [-0.2, 0) is 11.4 Å². The van der Waals surface area contributed by atoms with Crippen LogP contribution in [-0.4, -0.2) is 11.1 Å². The van der Waals surface area contributed by atoms with Crippen molar-refractivity contribution in [2.24, 2.45) is 0 Å². The number of halogens is 4. The van der Waals surface area contributed by atoms with Crippen molar-refractivity contribution in [1.29, 1.82) is 0 Å². The van der Waals surface area contributed by atoms with Gasteiger partial charge in [-0.2, -0.15) is 0 Å². The summed E-state index contributed by atoms with van der Waals surface area (Å²) in [6, 6.07) is 18.0. The molecule has 3 aromatic rings. The average molecular weight is 708 g/mol. The summed E-state index contributed by atoms with van der Waals surface area (Å²) in [5.74, 6) is 0.393. The van der Waals surface area contributed by atoms with Gasteiger partial charge in [-0.3, -0.25) is 9.59 Å². The minimum Gasteiger partial charge on any atom is -0.487 e. The lowest BCUT2D eigenvalue weighted by Crippen LogP contribution is -2.27. The summed E-state index contributed by atoms with van der Waals surface area (Å²) in [5.41, 5.74) is 2.21. The highest BCUT2D eigenvalue weighted by molar-refractivity contribution is 14.1. The van der Waals surface area contributed by atoms with E-state index in [9.17, 15) is 9.59 Å². The molecule has 4 nitrogen and oxygen atoms in total. The van der Waals surface area contributed by atoms with Gasteiger partial charge in [-0.15, -0.1) is 0 Å². The van der Waals surface area contributed by atoms with Crippen LogP contribution in [0.25, 0.3) is 6.08 Å². The molecule has 3 aromatic carbocycles. The predicted octanol–water partition coefficient (Wildman–Crippen LogP) is 8.02. The molecule has 1 aliphatic rings. The van der Waals surface area contributed by atoms with Gasteiger partial charge in [-0.1, -0.05) is 41.4 Å². The zero-order chi connectivity index (χ0) is 22.8. The van der Waals surface area contributed by atoms with E-state index in [1.54, 1.807) is 30.3 Å². The fourth-order valence-electron chi connectivity index (χ4n) is 3.00. The third-order valence-corrected chi connectivity index (χ3v) is 7.62. The predicted molar refractivity (Wildman–Crippen MR) is 148 cm³/mol. The maximum atomic E-state index is 12.9. The molecular formula is C23H13Cl2I2NO3S. The maximum absolute atomic E-state index is 12.9. The Hall–Kier alpha value is -1.27. The highest BCUT2D eigenvalue weighted by Crippen LogP contribution is 2.37. The molecule has 0 N–H and O–H groups in total. The first-order chi connectivity index (χ1) is 15.3. The molecule has 2 amide bonds. The smallest absolute Gasteiger partial charge is 0.298 e. The number of carbonyl (C=O) groups is 2. The number of anilines is 1. The Kier molecular flexibility index (Phi) is 7.71. The van der Waals surface area contributed by atoms with Crippen molar-refractivity contribution in [3.8, 4) is 5.75 Å². The largest absolute Gasteiger partial charge is 0.487 e. The van der Waals surface area contributed by atoms with Gasteiger partial charge in [0, 0.05) is 15.6 Å². The number of thioether (sulfide) groups is 1. The number of hydrogen-bond donors (Lipinski definition) is 0. The molecule has 1 aliphatic heterocycles. The van der Waals surface area contributed by atoms with Gasteiger partial charge in [-0.05, 0) is 111 Å². The molecular weight excluding hydrogens is 695 g/mol. The summed E-state index contributed by atoms with van der Waals surface area (Å²) >= 11 is 17.4. The number of imide groups is 1. The topological polar surface area (TPSA) is 46.6 Å². The van der Waals surface area contributed by atoms with E-state index in [1.807, 2.05) is 36.4 Å². The lowest BCUT2D eigenvalue weighted by Gasteiger charge is -2.13. The number of nitrogens with zero attached hydrogens (tertiary/aromatic N) is 1. The van der Waals surface area contributed by atoms with Crippen molar-refractivity contribution in [1.82, 2.24) is 0 Å². The molecule has 1 fully saturated rings. The highest BCUT2D eigenvalue weighted by atomic mass is 127. The Morgan fingerprint density at radius 3 is 2.28 bits per heavy atom. The fourth-order valence-corrected chi connectivity index (χ4v) is 6.28. The number of benzene rings is 3. The molecule has 0 unspecified atom stereocenters. The molecule has 162 valence electrons. The SMILES string of the molecule is O=C1S/C(=C/c2cc(I)c(OCc3ccccc3Cl)c(I)c2)C(=O)N1c1ccc(Cl)cc1. The Balaban J connectivity index is 1.55. The normalized spacial score (nSPS) is 15.0. The zero-order valence-corrected chi connectivity index (χ0v) is 22.8. The minimum atomic E-state index is -0.355. The molecule has 0 atom stereocenters. The van der Waals surface area contributed by atoms with Gasteiger partial charge in [0.05, 0.1) is 17.7 Å². The molecule has 0 radical (unpaired) electrons. The van der Waals surface area contributed by atoms with Crippen molar-refractivity contribution >= 4 is 103 Å². The van der Waals surface area contributed by atoms with E-state index in [0.29, 0.717) is 27.2 Å². The van der Waals surface area contributed by atoms with Crippen LogP contribution >= 0.6 is 80.1 Å². The second-order valence-corrected chi connectivity index (χ2v) is 10.8. The molecule has 4 rings (SSSR count). The van der Waals surface area contributed by atoms with Gasteiger partial charge in [0.25, 0.3) is 11.1 Å². The van der Waals surface area contributed by atoms with E-state index >= 15 is 0 Å². The highest BCUT2D eigenvalue weighted by Gasteiger charge is 2.36. The lowest BCUT2D eigenvalue weighted by molar-refractivity contribution is -0.113. The summed E-state index contributed by atoms with van der Waals surface area (Å²) < 4.78 is 7.80. The Bertz CT molecular complexity index is 1230. The van der Waals surface area contributed by atoms with Crippen LogP contribution in [0.3, 0.4) is 0 Å².